The number of fused-ring (bicyclic) bond motifs is 1. The van der Waals surface area contributed by atoms with Gasteiger partial charge in [0.25, 0.3) is 11.8 Å². The highest BCUT2D eigenvalue weighted by Crippen LogP contribution is 2.44. The zero-order valence-corrected chi connectivity index (χ0v) is 25.2. The van der Waals surface area contributed by atoms with Gasteiger partial charge in [0.2, 0.25) is 10.0 Å². The van der Waals surface area contributed by atoms with Crippen molar-refractivity contribution in [2.24, 2.45) is 0 Å². The number of carbonyl (C=O) groups excluding carboxylic acids is 2. The number of piperidine rings is 1. The summed E-state index contributed by atoms with van der Waals surface area (Å²) in [5.74, 6) is -5.02. The Morgan fingerprint density at radius 2 is 1.77 bits per heavy atom. The van der Waals surface area contributed by atoms with Crippen molar-refractivity contribution < 1.29 is 58.6 Å². The molecule has 47 heavy (non-hydrogen) atoms. The molecule has 252 valence electrons. The van der Waals surface area contributed by atoms with Gasteiger partial charge in [0.15, 0.2) is 11.5 Å². The van der Waals surface area contributed by atoms with Crippen molar-refractivity contribution in [3.8, 4) is 17.2 Å². The molecule has 0 aliphatic carbocycles. The van der Waals surface area contributed by atoms with Gasteiger partial charge in [-0.1, -0.05) is 0 Å². The van der Waals surface area contributed by atoms with Crippen LogP contribution in [0, 0.1) is 5.82 Å². The van der Waals surface area contributed by atoms with Crippen molar-refractivity contribution in [3.63, 3.8) is 0 Å². The molecule has 12 nitrogen and oxygen atoms in total. The van der Waals surface area contributed by atoms with Crippen LogP contribution < -0.4 is 30.2 Å². The third kappa shape index (κ3) is 7.46. The summed E-state index contributed by atoms with van der Waals surface area (Å²) >= 11 is 0. The summed E-state index contributed by atoms with van der Waals surface area (Å²) in [5.41, 5.74) is -3.38. The summed E-state index contributed by atoms with van der Waals surface area (Å²) in [4.78, 5) is 31.2. The largest absolute Gasteiger partial charge is 0.586 e. The van der Waals surface area contributed by atoms with E-state index in [0.29, 0.717) is 31.5 Å². The number of alkyl halides is 5. The molecule has 3 heterocycles. The second kappa shape index (κ2) is 12.4. The SMILES string of the molecule is COc1ccnc(N[C@@H]2CCCN(S(C)(=O)=O)C2)c1C(=O)Nc1cc2c(cc1C(=O)Nc1ccc(F)c(C(F)(F)F)c1)OC(F)(F)O2. The minimum absolute atomic E-state index is 0.0138. The summed E-state index contributed by atoms with van der Waals surface area (Å²) in [6, 6.07) is 4.14. The predicted octanol–water partition coefficient (Wildman–Crippen LogP) is 4.91. The Morgan fingerprint density at radius 1 is 1.06 bits per heavy atom. The number of nitrogens with zero attached hydrogens (tertiary/aromatic N) is 2. The van der Waals surface area contributed by atoms with Gasteiger partial charge in [0.1, 0.15) is 22.9 Å². The van der Waals surface area contributed by atoms with Crippen molar-refractivity contribution in [1.82, 2.24) is 9.29 Å². The first-order valence-electron chi connectivity index (χ1n) is 13.6. The van der Waals surface area contributed by atoms with Crippen molar-refractivity contribution in [1.29, 1.82) is 0 Å². The van der Waals surface area contributed by atoms with Crippen LogP contribution in [0.5, 0.6) is 17.2 Å². The lowest BCUT2D eigenvalue weighted by atomic mass is 10.1. The molecule has 1 aromatic heterocycles. The molecule has 1 saturated heterocycles. The summed E-state index contributed by atoms with van der Waals surface area (Å²) in [7, 11) is -2.26. The fraction of sp³-hybridized carbons (Fsp3) is 0.321. The lowest BCUT2D eigenvalue weighted by Gasteiger charge is -2.32. The van der Waals surface area contributed by atoms with E-state index >= 15 is 0 Å². The normalized spacial score (nSPS) is 17.6. The molecular weight excluding hydrogens is 664 g/mol. The fourth-order valence-electron chi connectivity index (χ4n) is 4.99. The lowest BCUT2D eigenvalue weighted by Crippen LogP contribution is -2.45. The van der Waals surface area contributed by atoms with Crippen molar-refractivity contribution in [2.45, 2.75) is 31.4 Å². The highest BCUT2D eigenvalue weighted by Gasteiger charge is 2.44. The molecule has 1 fully saturated rings. The number of methoxy groups -OCH3 is 1. The number of hydrogen-bond acceptors (Lipinski definition) is 9. The molecule has 19 heteroatoms. The number of rotatable bonds is 8. The van der Waals surface area contributed by atoms with E-state index in [-0.39, 0.29) is 23.7 Å². The number of ether oxygens (including phenoxy) is 3. The maximum atomic E-state index is 13.9. The standard InChI is InChI=1S/C28H25F6N5O7S/c1-44-20-7-8-35-24(36-15-4-3-9-39(13-15)47(2,42)43)23(20)26(41)38-19-12-22-21(45-28(33,34)46-22)11-16(19)25(40)37-14-5-6-18(29)17(10-14)27(30,31)32/h5-8,10-12,15H,3-4,9,13H2,1-2H3,(H,35,36)(H,37,40)(H,38,41)/t15-/m1/s1. The second-order valence-electron chi connectivity index (χ2n) is 10.5. The Labute approximate surface area is 263 Å². The lowest BCUT2D eigenvalue weighted by molar-refractivity contribution is -0.286. The van der Waals surface area contributed by atoms with Crippen molar-refractivity contribution >= 4 is 39.0 Å². The van der Waals surface area contributed by atoms with Gasteiger partial charge in [-0.3, -0.25) is 9.59 Å². The monoisotopic (exact) mass is 689 g/mol. The summed E-state index contributed by atoms with van der Waals surface area (Å²) < 4.78 is 121. The Bertz CT molecular complexity index is 1840. The fourth-order valence-corrected chi connectivity index (χ4v) is 5.90. The average Bonchev–Trinajstić information content (AvgIpc) is 3.29. The van der Waals surface area contributed by atoms with Gasteiger partial charge in [0, 0.05) is 37.1 Å². The predicted molar refractivity (Wildman–Crippen MR) is 154 cm³/mol. The van der Waals surface area contributed by atoms with E-state index in [0.717, 1.165) is 24.5 Å². The number of sulfonamides is 1. The van der Waals surface area contributed by atoms with Crippen molar-refractivity contribution in [3.05, 3.63) is 65.1 Å². The zero-order valence-electron chi connectivity index (χ0n) is 24.4. The third-order valence-corrected chi connectivity index (χ3v) is 8.39. The molecule has 0 saturated carbocycles. The first kappa shape index (κ1) is 33.6. The quantitative estimate of drug-likeness (QED) is 0.281. The molecule has 3 aromatic rings. The Morgan fingerprint density at radius 3 is 2.43 bits per heavy atom. The van der Waals surface area contributed by atoms with Gasteiger partial charge in [-0.15, -0.1) is 8.78 Å². The Kier molecular flexibility index (Phi) is 8.89. The maximum absolute atomic E-state index is 13.9. The van der Waals surface area contributed by atoms with E-state index in [2.05, 4.69) is 30.4 Å². The number of halogens is 6. The van der Waals surface area contributed by atoms with Gasteiger partial charge in [-0.05, 0) is 43.2 Å². The number of carbonyl (C=O) groups is 2. The van der Waals surface area contributed by atoms with E-state index in [9.17, 15) is 44.3 Å². The molecule has 1 atom stereocenters. The second-order valence-corrected chi connectivity index (χ2v) is 12.4. The number of anilines is 3. The number of pyridine rings is 1. The highest BCUT2D eigenvalue weighted by molar-refractivity contribution is 7.88. The third-order valence-electron chi connectivity index (χ3n) is 7.12. The van der Waals surface area contributed by atoms with Gasteiger partial charge < -0.3 is 30.2 Å². The number of aromatic nitrogens is 1. The van der Waals surface area contributed by atoms with Crippen LogP contribution in [0.3, 0.4) is 0 Å². The minimum Gasteiger partial charge on any atom is -0.496 e. The van der Waals surface area contributed by atoms with E-state index in [1.54, 1.807) is 0 Å². The van der Waals surface area contributed by atoms with E-state index in [1.165, 1.54) is 23.7 Å². The Balaban J connectivity index is 1.48. The molecule has 0 unspecified atom stereocenters. The van der Waals surface area contributed by atoms with Crippen LogP contribution >= 0.6 is 0 Å². The van der Waals surface area contributed by atoms with Crippen LogP contribution in [0.25, 0.3) is 0 Å². The van der Waals surface area contributed by atoms with Crippen molar-refractivity contribution in [2.75, 3.05) is 42.4 Å². The molecule has 2 aliphatic rings. The van der Waals surface area contributed by atoms with E-state index < -0.39 is 80.2 Å². The van der Waals surface area contributed by atoms with Gasteiger partial charge in [-0.2, -0.15) is 13.2 Å². The molecule has 5 rings (SSSR count). The first-order valence-corrected chi connectivity index (χ1v) is 15.5. The summed E-state index contributed by atoms with van der Waals surface area (Å²) in [5, 5.41) is 7.55. The molecule has 2 aliphatic heterocycles. The van der Waals surface area contributed by atoms with Crippen LogP contribution in [0.4, 0.5) is 43.5 Å². The first-order chi connectivity index (χ1) is 21.9. The van der Waals surface area contributed by atoms with Gasteiger partial charge in [0.05, 0.1) is 30.2 Å². The van der Waals surface area contributed by atoms with E-state index in [1.807, 2.05) is 0 Å². The smallest absolute Gasteiger partial charge is 0.496 e. The summed E-state index contributed by atoms with van der Waals surface area (Å²) in [6.45, 7) is 0.373. The van der Waals surface area contributed by atoms with Crippen LogP contribution in [-0.4, -0.2) is 68.3 Å². The van der Waals surface area contributed by atoms with Gasteiger partial charge in [-0.25, -0.2) is 22.1 Å². The maximum Gasteiger partial charge on any atom is 0.586 e. The minimum atomic E-state index is -5.09. The number of nitrogens with one attached hydrogen (secondary N) is 3. The summed E-state index contributed by atoms with van der Waals surface area (Å²) in [6.07, 6.45) is -5.82. The molecule has 0 radical (unpaired) electrons. The molecule has 3 N–H and O–H groups in total. The van der Waals surface area contributed by atoms with E-state index in [4.69, 9.17) is 4.74 Å². The van der Waals surface area contributed by atoms with Crippen LogP contribution in [0.15, 0.2) is 42.6 Å². The number of hydrogen-bond donors (Lipinski definition) is 3. The molecular formula is C28H25F6N5O7S. The van der Waals surface area contributed by atoms with Gasteiger partial charge >= 0.3 is 12.5 Å². The molecule has 2 aromatic carbocycles. The molecule has 2 amide bonds. The number of benzene rings is 2. The van der Waals surface area contributed by atoms with Crippen LogP contribution in [-0.2, 0) is 16.2 Å². The molecule has 0 bridgehead atoms. The highest BCUT2D eigenvalue weighted by atomic mass is 32.2. The Hall–Kier alpha value is -4.78. The number of amides is 2. The van der Waals surface area contributed by atoms with Crippen LogP contribution in [0.1, 0.15) is 39.1 Å². The average molecular weight is 690 g/mol. The topological polar surface area (TPSA) is 148 Å². The molecule has 0 spiro atoms. The van der Waals surface area contributed by atoms with Crippen LogP contribution in [0.2, 0.25) is 0 Å². The zero-order chi connectivity index (χ0) is 34.3.